The third-order valence-electron chi connectivity index (χ3n) is 2.62. The molecule has 4 nitrogen and oxygen atoms in total. The summed E-state index contributed by atoms with van der Waals surface area (Å²) in [5.41, 5.74) is 0.0897. The molecule has 0 aliphatic heterocycles. The average molecular weight is 259 g/mol. The summed E-state index contributed by atoms with van der Waals surface area (Å²) >= 11 is 3.17. The highest BCUT2D eigenvalue weighted by molar-refractivity contribution is 9.10. The van der Waals surface area contributed by atoms with Gasteiger partial charge in [0.2, 0.25) is 0 Å². The van der Waals surface area contributed by atoms with Crippen LogP contribution in [0.3, 0.4) is 0 Å². The van der Waals surface area contributed by atoms with E-state index in [9.17, 15) is 4.79 Å². The van der Waals surface area contributed by atoms with Crippen molar-refractivity contribution in [1.82, 2.24) is 9.97 Å². The minimum atomic E-state index is -0.989. The van der Waals surface area contributed by atoms with Gasteiger partial charge in [0.25, 0.3) is 0 Å². The first kappa shape index (κ1) is 9.71. The van der Waals surface area contributed by atoms with Crippen molar-refractivity contribution in [3.05, 3.63) is 16.1 Å². The fourth-order valence-electron chi connectivity index (χ4n) is 1.90. The lowest BCUT2D eigenvalue weighted by atomic mass is 10.1. The van der Waals surface area contributed by atoms with Crippen molar-refractivity contribution in [2.75, 3.05) is 0 Å². The average Bonchev–Trinajstić information content (AvgIpc) is 2.70. The molecule has 1 saturated carbocycles. The molecular weight excluding hydrogens is 248 g/mol. The molecule has 0 spiro atoms. The molecule has 0 atom stereocenters. The van der Waals surface area contributed by atoms with Crippen LogP contribution in [0.2, 0.25) is 0 Å². The first-order valence-corrected chi connectivity index (χ1v) is 5.46. The number of aromatic nitrogens is 2. The van der Waals surface area contributed by atoms with E-state index in [2.05, 4.69) is 25.9 Å². The van der Waals surface area contributed by atoms with Gasteiger partial charge in [0.05, 0.1) is 0 Å². The highest BCUT2D eigenvalue weighted by Gasteiger charge is 2.23. The van der Waals surface area contributed by atoms with Crippen LogP contribution in [-0.2, 0) is 0 Å². The molecule has 2 rings (SSSR count). The summed E-state index contributed by atoms with van der Waals surface area (Å²) < 4.78 is 0.479. The molecule has 76 valence electrons. The summed E-state index contributed by atoms with van der Waals surface area (Å²) in [7, 11) is 0. The third kappa shape index (κ3) is 1.68. The SMILES string of the molecule is O=C(O)c1nc(C2CCCC2)[nH]c1Br. The van der Waals surface area contributed by atoms with Gasteiger partial charge in [-0.2, -0.15) is 0 Å². The molecule has 1 aliphatic carbocycles. The van der Waals surface area contributed by atoms with E-state index in [1.165, 1.54) is 12.8 Å². The van der Waals surface area contributed by atoms with Gasteiger partial charge < -0.3 is 10.1 Å². The monoisotopic (exact) mass is 258 g/mol. The predicted octanol–water partition coefficient (Wildman–Crippen LogP) is 2.53. The maximum Gasteiger partial charge on any atom is 0.357 e. The molecule has 0 amide bonds. The summed E-state index contributed by atoms with van der Waals surface area (Å²) in [4.78, 5) is 17.8. The smallest absolute Gasteiger partial charge is 0.357 e. The zero-order valence-electron chi connectivity index (χ0n) is 7.59. The van der Waals surface area contributed by atoms with Crippen molar-refractivity contribution >= 4 is 21.9 Å². The van der Waals surface area contributed by atoms with Crippen LogP contribution in [0, 0.1) is 0 Å². The van der Waals surface area contributed by atoms with E-state index in [-0.39, 0.29) is 5.69 Å². The van der Waals surface area contributed by atoms with Gasteiger partial charge in [-0.25, -0.2) is 9.78 Å². The Labute approximate surface area is 89.9 Å². The summed E-state index contributed by atoms with van der Waals surface area (Å²) in [6.07, 6.45) is 4.65. The largest absolute Gasteiger partial charge is 0.476 e. The molecule has 0 radical (unpaired) electrons. The predicted molar refractivity (Wildman–Crippen MR) is 54.5 cm³/mol. The molecule has 1 aliphatic rings. The third-order valence-corrected chi connectivity index (χ3v) is 3.20. The molecule has 1 fully saturated rings. The number of nitrogens with one attached hydrogen (secondary N) is 1. The fourth-order valence-corrected chi connectivity index (χ4v) is 2.36. The lowest BCUT2D eigenvalue weighted by molar-refractivity contribution is 0.0690. The summed E-state index contributed by atoms with van der Waals surface area (Å²) in [6.45, 7) is 0. The number of hydrogen-bond acceptors (Lipinski definition) is 2. The molecular formula is C9H11BrN2O2. The van der Waals surface area contributed by atoms with E-state index in [0.717, 1.165) is 18.7 Å². The maximum atomic E-state index is 10.7. The van der Waals surface area contributed by atoms with Crippen molar-refractivity contribution in [1.29, 1.82) is 0 Å². The zero-order chi connectivity index (χ0) is 10.1. The lowest BCUT2D eigenvalue weighted by Crippen LogP contribution is -1.99. The summed E-state index contributed by atoms with van der Waals surface area (Å²) in [6, 6.07) is 0. The number of aromatic amines is 1. The number of aromatic carboxylic acids is 1. The second kappa shape index (κ2) is 3.73. The number of carboxylic acid groups (broad SMARTS) is 1. The van der Waals surface area contributed by atoms with Crippen molar-refractivity contribution in [2.45, 2.75) is 31.6 Å². The Balaban J connectivity index is 2.27. The van der Waals surface area contributed by atoms with Crippen LogP contribution < -0.4 is 0 Å². The van der Waals surface area contributed by atoms with Crippen LogP contribution in [0.5, 0.6) is 0 Å². The second-order valence-electron chi connectivity index (χ2n) is 3.57. The molecule has 2 N–H and O–H groups in total. The number of nitrogens with zero attached hydrogens (tertiary/aromatic N) is 1. The first-order chi connectivity index (χ1) is 6.68. The number of H-pyrrole nitrogens is 1. The second-order valence-corrected chi connectivity index (χ2v) is 4.36. The van der Waals surface area contributed by atoms with Crippen molar-refractivity contribution in [3.8, 4) is 0 Å². The van der Waals surface area contributed by atoms with E-state index in [1.54, 1.807) is 0 Å². The Morgan fingerprint density at radius 3 is 2.64 bits per heavy atom. The van der Waals surface area contributed by atoms with Crippen LogP contribution in [0.25, 0.3) is 0 Å². The van der Waals surface area contributed by atoms with Gasteiger partial charge in [-0.3, -0.25) is 0 Å². The van der Waals surface area contributed by atoms with Crippen LogP contribution >= 0.6 is 15.9 Å². The summed E-state index contributed by atoms with van der Waals surface area (Å²) in [5.74, 6) is 0.239. The lowest BCUT2D eigenvalue weighted by Gasteiger charge is -2.02. The number of hydrogen-bond donors (Lipinski definition) is 2. The molecule has 5 heteroatoms. The molecule has 1 aromatic heterocycles. The molecule has 0 saturated heterocycles. The van der Waals surface area contributed by atoms with E-state index < -0.39 is 5.97 Å². The minimum absolute atomic E-state index is 0.0897. The van der Waals surface area contributed by atoms with Gasteiger partial charge >= 0.3 is 5.97 Å². The van der Waals surface area contributed by atoms with Crippen LogP contribution in [0.4, 0.5) is 0 Å². The Morgan fingerprint density at radius 2 is 2.14 bits per heavy atom. The number of carbonyl (C=O) groups is 1. The van der Waals surface area contributed by atoms with Crippen LogP contribution in [-0.4, -0.2) is 21.0 Å². The highest BCUT2D eigenvalue weighted by atomic mass is 79.9. The van der Waals surface area contributed by atoms with Gasteiger partial charge in [-0.1, -0.05) is 12.8 Å². The van der Waals surface area contributed by atoms with Gasteiger partial charge in [0.1, 0.15) is 10.4 Å². The number of rotatable bonds is 2. The van der Waals surface area contributed by atoms with E-state index in [0.29, 0.717) is 10.5 Å². The first-order valence-electron chi connectivity index (χ1n) is 4.67. The van der Waals surface area contributed by atoms with E-state index >= 15 is 0 Å². The molecule has 1 aromatic rings. The Bertz CT molecular complexity index is 356. The zero-order valence-corrected chi connectivity index (χ0v) is 9.17. The van der Waals surface area contributed by atoms with Gasteiger partial charge in [0, 0.05) is 5.92 Å². The van der Waals surface area contributed by atoms with Gasteiger partial charge in [-0.15, -0.1) is 0 Å². The van der Waals surface area contributed by atoms with Gasteiger partial charge in [0.15, 0.2) is 5.69 Å². The Hall–Kier alpha value is -0.840. The van der Waals surface area contributed by atoms with Crippen LogP contribution in [0.15, 0.2) is 4.60 Å². The van der Waals surface area contributed by atoms with Crippen molar-refractivity contribution < 1.29 is 9.90 Å². The molecule has 14 heavy (non-hydrogen) atoms. The maximum absolute atomic E-state index is 10.7. The summed E-state index contributed by atoms with van der Waals surface area (Å²) in [5, 5.41) is 8.81. The number of carboxylic acids is 1. The van der Waals surface area contributed by atoms with Crippen LogP contribution in [0.1, 0.15) is 47.9 Å². The molecule has 1 heterocycles. The fraction of sp³-hybridized carbons (Fsp3) is 0.556. The Kier molecular flexibility index (Phi) is 2.58. The van der Waals surface area contributed by atoms with Gasteiger partial charge in [-0.05, 0) is 28.8 Å². The van der Waals surface area contributed by atoms with E-state index in [1.807, 2.05) is 0 Å². The number of imidazole rings is 1. The molecule has 0 unspecified atom stereocenters. The normalized spacial score (nSPS) is 17.5. The molecule has 0 aromatic carbocycles. The topological polar surface area (TPSA) is 66.0 Å². The molecule has 0 bridgehead atoms. The van der Waals surface area contributed by atoms with E-state index in [4.69, 9.17) is 5.11 Å². The minimum Gasteiger partial charge on any atom is -0.476 e. The highest BCUT2D eigenvalue weighted by Crippen LogP contribution is 2.33. The van der Waals surface area contributed by atoms with Crippen molar-refractivity contribution in [3.63, 3.8) is 0 Å². The number of halogens is 1. The standard InChI is InChI=1S/C9H11BrN2O2/c10-7-6(9(13)14)11-8(12-7)5-3-1-2-4-5/h5H,1-4H2,(H,11,12)(H,13,14). The Morgan fingerprint density at radius 1 is 1.50 bits per heavy atom. The quantitative estimate of drug-likeness (QED) is 0.857. The van der Waals surface area contributed by atoms with Crippen molar-refractivity contribution in [2.24, 2.45) is 0 Å².